The molecule has 1 aromatic heterocycles. The van der Waals surface area contributed by atoms with Crippen molar-refractivity contribution < 1.29 is 0 Å². The summed E-state index contributed by atoms with van der Waals surface area (Å²) < 4.78 is 1.96. The number of nitrogens with zero attached hydrogens (tertiary/aromatic N) is 4. The molecule has 1 saturated heterocycles. The largest absolute Gasteiger partial charge is 0.372 e. The molecular weight excluding hydrogens is 298 g/mol. The first-order chi connectivity index (χ1) is 11.6. The molecule has 1 fully saturated rings. The molecule has 130 valence electrons. The van der Waals surface area contributed by atoms with Crippen molar-refractivity contribution in [1.29, 1.82) is 0 Å². The first-order valence-electron chi connectivity index (χ1n) is 8.80. The monoisotopic (exact) mass is 327 g/mol. The second-order valence-electron chi connectivity index (χ2n) is 6.87. The van der Waals surface area contributed by atoms with E-state index >= 15 is 0 Å². The molecule has 0 radical (unpaired) electrons. The van der Waals surface area contributed by atoms with Gasteiger partial charge < -0.3 is 15.1 Å². The van der Waals surface area contributed by atoms with Crippen LogP contribution in [0.25, 0.3) is 0 Å². The number of hydrogen-bond donors (Lipinski definition) is 1. The van der Waals surface area contributed by atoms with Gasteiger partial charge in [0.2, 0.25) is 0 Å². The molecule has 5 nitrogen and oxygen atoms in total. The second kappa shape index (κ2) is 7.26. The predicted octanol–water partition coefficient (Wildman–Crippen LogP) is 2.68. The van der Waals surface area contributed by atoms with Gasteiger partial charge in [0.25, 0.3) is 0 Å². The van der Waals surface area contributed by atoms with E-state index in [1.165, 1.54) is 48.6 Å². The lowest BCUT2D eigenvalue weighted by atomic mass is 10.2. The van der Waals surface area contributed by atoms with E-state index in [1.807, 2.05) is 11.7 Å². The summed E-state index contributed by atoms with van der Waals surface area (Å²) in [7, 11) is 6.14. The van der Waals surface area contributed by atoms with Crippen molar-refractivity contribution in [2.45, 2.75) is 32.9 Å². The number of rotatable bonds is 6. The van der Waals surface area contributed by atoms with Crippen molar-refractivity contribution in [1.82, 2.24) is 15.1 Å². The van der Waals surface area contributed by atoms with Gasteiger partial charge in [0.15, 0.2) is 0 Å². The van der Waals surface area contributed by atoms with E-state index in [0.717, 1.165) is 18.8 Å². The molecule has 0 aliphatic carbocycles. The summed E-state index contributed by atoms with van der Waals surface area (Å²) in [5, 5.41) is 8.11. The lowest BCUT2D eigenvalue weighted by Gasteiger charge is -2.18. The fourth-order valence-electron chi connectivity index (χ4n) is 3.59. The molecular formula is C19H29N5. The number of aryl methyl sites for hydroxylation is 2. The zero-order chi connectivity index (χ0) is 17.1. The van der Waals surface area contributed by atoms with Gasteiger partial charge in [-0.1, -0.05) is 12.1 Å². The van der Waals surface area contributed by atoms with E-state index in [-0.39, 0.29) is 0 Å². The molecule has 3 rings (SSSR count). The summed E-state index contributed by atoms with van der Waals surface area (Å²) in [6.07, 6.45) is 2.64. The Morgan fingerprint density at radius 1 is 1.08 bits per heavy atom. The van der Waals surface area contributed by atoms with E-state index in [1.54, 1.807) is 0 Å². The third-order valence-corrected chi connectivity index (χ3v) is 4.78. The minimum absolute atomic E-state index is 0.834. The SMILES string of the molecule is Cc1nn(C)c(N(C)C)c1CNCc1ccc(N2CCCC2)cc1. The molecule has 5 heteroatoms. The second-order valence-corrected chi connectivity index (χ2v) is 6.87. The summed E-state index contributed by atoms with van der Waals surface area (Å²) in [6, 6.07) is 8.99. The van der Waals surface area contributed by atoms with Gasteiger partial charge >= 0.3 is 0 Å². The average Bonchev–Trinajstić information content (AvgIpc) is 3.16. The Hall–Kier alpha value is -2.01. The highest BCUT2D eigenvalue weighted by Gasteiger charge is 2.14. The molecule has 0 unspecified atom stereocenters. The van der Waals surface area contributed by atoms with Gasteiger partial charge in [-0.3, -0.25) is 4.68 Å². The Labute approximate surface area is 145 Å². The summed E-state index contributed by atoms with van der Waals surface area (Å²) in [5.74, 6) is 1.17. The van der Waals surface area contributed by atoms with Gasteiger partial charge in [-0.15, -0.1) is 0 Å². The van der Waals surface area contributed by atoms with Gasteiger partial charge in [-0.25, -0.2) is 0 Å². The zero-order valence-corrected chi connectivity index (χ0v) is 15.3. The van der Waals surface area contributed by atoms with Crippen molar-refractivity contribution in [2.24, 2.45) is 7.05 Å². The summed E-state index contributed by atoms with van der Waals surface area (Å²) in [5.41, 5.74) is 5.05. The van der Waals surface area contributed by atoms with Crippen LogP contribution in [0.4, 0.5) is 11.5 Å². The molecule has 24 heavy (non-hydrogen) atoms. The molecule has 1 aromatic carbocycles. The highest BCUT2D eigenvalue weighted by atomic mass is 15.4. The summed E-state index contributed by atoms with van der Waals surface area (Å²) in [4.78, 5) is 4.60. The first-order valence-corrected chi connectivity index (χ1v) is 8.80. The van der Waals surface area contributed by atoms with Gasteiger partial charge in [0.05, 0.1) is 5.69 Å². The van der Waals surface area contributed by atoms with Crippen LogP contribution in [-0.2, 0) is 20.1 Å². The normalized spacial score (nSPS) is 14.4. The van der Waals surface area contributed by atoms with E-state index in [0.29, 0.717) is 0 Å². The predicted molar refractivity (Wildman–Crippen MR) is 101 cm³/mol. The van der Waals surface area contributed by atoms with Crippen LogP contribution < -0.4 is 15.1 Å². The molecule has 1 N–H and O–H groups in total. The van der Waals surface area contributed by atoms with Crippen molar-refractivity contribution in [3.8, 4) is 0 Å². The van der Waals surface area contributed by atoms with Crippen LogP contribution in [0.1, 0.15) is 29.7 Å². The molecule has 0 bridgehead atoms. The fraction of sp³-hybridized carbons (Fsp3) is 0.526. The van der Waals surface area contributed by atoms with Gasteiger partial charge in [0.1, 0.15) is 5.82 Å². The molecule has 1 aliphatic rings. The number of anilines is 2. The van der Waals surface area contributed by atoms with E-state index in [9.17, 15) is 0 Å². The van der Waals surface area contributed by atoms with Crippen LogP contribution in [0.2, 0.25) is 0 Å². The Bertz CT molecular complexity index is 666. The zero-order valence-electron chi connectivity index (χ0n) is 15.3. The number of hydrogen-bond acceptors (Lipinski definition) is 4. The van der Waals surface area contributed by atoms with E-state index < -0.39 is 0 Å². The third kappa shape index (κ3) is 3.56. The third-order valence-electron chi connectivity index (χ3n) is 4.78. The molecule has 1 aliphatic heterocycles. The van der Waals surface area contributed by atoms with Crippen molar-refractivity contribution >= 4 is 11.5 Å². The van der Waals surface area contributed by atoms with Crippen molar-refractivity contribution in [2.75, 3.05) is 37.0 Å². The van der Waals surface area contributed by atoms with Crippen LogP contribution in [0, 0.1) is 6.92 Å². The van der Waals surface area contributed by atoms with Crippen LogP contribution in [-0.4, -0.2) is 37.0 Å². The average molecular weight is 327 g/mol. The van der Waals surface area contributed by atoms with Crippen LogP contribution in [0.5, 0.6) is 0 Å². The molecule has 0 spiro atoms. The Morgan fingerprint density at radius 2 is 1.75 bits per heavy atom. The van der Waals surface area contributed by atoms with Crippen molar-refractivity contribution in [3.63, 3.8) is 0 Å². The molecule has 0 atom stereocenters. The van der Waals surface area contributed by atoms with Gasteiger partial charge in [-0.2, -0.15) is 5.10 Å². The highest BCUT2D eigenvalue weighted by molar-refractivity contribution is 5.49. The Morgan fingerprint density at radius 3 is 2.38 bits per heavy atom. The first kappa shape index (κ1) is 16.8. The quantitative estimate of drug-likeness (QED) is 0.885. The topological polar surface area (TPSA) is 36.3 Å². The maximum Gasteiger partial charge on any atom is 0.130 e. The van der Waals surface area contributed by atoms with Crippen LogP contribution in [0.15, 0.2) is 24.3 Å². The molecule has 2 heterocycles. The standard InChI is InChI=1S/C19H29N5/c1-15-18(19(22(2)3)23(4)21-15)14-20-13-16-7-9-17(10-8-16)24-11-5-6-12-24/h7-10,20H,5-6,11-14H2,1-4H3. The number of benzene rings is 1. The molecule has 0 saturated carbocycles. The lowest BCUT2D eigenvalue weighted by Crippen LogP contribution is -2.19. The summed E-state index contributed by atoms with van der Waals surface area (Å²) >= 11 is 0. The highest BCUT2D eigenvalue weighted by Crippen LogP contribution is 2.22. The summed E-state index contributed by atoms with van der Waals surface area (Å²) in [6.45, 7) is 6.19. The lowest BCUT2D eigenvalue weighted by molar-refractivity contribution is 0.688. The van der Waals surface area contributed by atoms with E-state index in [2.05, 4.69) is 65.5 Å². The smallest absolute Gasteiger partial charge is 0.130 e. The van der Waals surface area contributed by atoms with Crippen LogP contribution >= 0.6 is 0 Å². The maximum absolute atomic E-state index is 4.54. The molecule has 2 aromatic rings. The number of nitrogens with one attached hydrogen (secondary N) is 1. The Balaban J connectivity index is 1.59. The minimum Gasteiger partial charge on any atom is -0.372 e. The van der Waals surface area contributed by atoms with Gasteiger partial charge in [0, 0.05) is 58.6 Å². The molecule has 0 amide bonds. The van der Waals surface area contributed by atoms with Crippen LogP contribution in [0.3, 0.4) is 0 Å². The van der Waals surface area contributed by atoms with Gasteiger partial charge in [-0.05, 0) is 37.5 Å². The fourth-order valence-corrected chi connectivity index (χ4v) is 3.59. The minimum atomic E-state index is 0.834. The maximum atomic E-state index is 4.54. The van der Waals surface area contributed by atoms with E-state index in [4.69, 9.17) is 0 Å². The number of aromatic nitrogens is 2. The van der Waals surface area contributed by atoms with Crippen molar-refractivity contribution in [3.05, 3.63) is 41.1 Å². The Kier molecular flexibility index (Phi) is 5.09.